The van der Waals surface area contributed by atoms with Crippen LogP contribution in [-0.4, -0.2) is 13.7 Å². The first-order chi connectivity index (χ1) is 12.7. The Labute approximate surface area is 164 Å². The number of methoxy groups -OCH3 is 1. The maximum atomic E-state index is 13.9. The van der Waals surface area contributed by atoms with Crippen molar-refractivity contribution in [2.24, 2.45) is 0 Å². The second-order valence-electron chi connectivity index (χ2n) is 6.17. The summed E-state index contributed by atoms with van der Waals surface area (Å²) in [6, 6.07) is 10.4. The van der Waals surface area contributed by atoms with Gasteiger partial charge >= 0.3 is 0 Å². The van der Waals surface area contributed by atoms with Crippen LogP contribution in [0.3, 0.4) is 0 Å². The van der Waals surface area contributed by atoms with Gasteiger partial charge in [-0.1, -0.05) is 60.3 Å². The number of rotatable bonds is 11. The maximum absolute atomic E-state index is 13.9. The van der Waals surface area contributed by atoms with Crippen molar-refractivity contribution in [1.29, 1.82) is 0 Å². The molecule has 142 valence electrons. The van der Waals surface area contributed by atoms with E-state index in [1.807, 2.05) is 12.1 Å². The number of ether oxygens (including phenoxy) is 2. The zero-order chi connectivity index (χ0) is 18.8. The standard InChI is InChI=1S/C21H27BrFNO2/c1-3-4-5-8-13-24-14-17-18(22)11-12-20(25-2)21(17)26-15-16-9-6-7-10-19(16)23/h6-7,9-12,24H,3-5,8,13-15H2,1-2H3. The first-order valence-corrected chi connectivity index (χ1v) is 9.89. The van der Waals surface area contributed by atoms with E-state index < -0.39 is 0 Å². The molecule has 26 heavy (non-hydrogen) atoms. The summed E-state index contributed by atoms with van der Waals surface area (Å²) in [4.78, 5) is 0. The highest BCUT2D eigenvalue weighted by Gasteiger charge is 2.15. The van der Waals surface area contributed by atoms with Gasteiger partial charge in [-0.2, -0.15) is 0 Å². The largest absolute Gasteiger partial charge is 0.493 e. The first kappa shape index (κ1) is 20.7. The van der Waals surface area contributed by atoms with Gasteiger partial charge in [0.05, 0.1) is 7.11 Å². The molecule has 1 N–H and O–H groups in total. The molecule has 0 aromatic heterocycles. The van der Waals surface area contributed by atoms with Gasteiger partial charge in [-0.05, 0) is 31.2 Å². The number of unbranched alkanes of at least 4 members (excludes halogenated alkanes) is 3. The monoisotopic (exact) mass is 423 g/mol. The van der Waals surface area contributed by atoms with Crippen LogP contribution in [0.15, 0.2) is 40.9 Å². The zero-order valence-corrected chi connectivity index (χ0v) is 17.1. The lowest BCUT2D eigenvalue weighted by Gasteiger charge is -2.17. The Morgan fingerprint density at radius 3 is 2.62 bits per heavy atom. The van der Waals surface area contributed by atoms with Gasteiger partial charge in [-0.15, -0.1) is 0 Å². The molecule has 0 spiro atoms. The molecule has 0 bridgehead atoms. The zero-order valence-electron chi connectivity index (χ0n) is 15.5. The Morgan fingerprint density at radius 2 is 1.88 bits per heavy atom. The lowest BCUT2D eigenvalue weighted by atomic mass is 10.1. The van der Waals surface area contributed by atoms with Crippen molar-refractivity contribution in [3.63, 3.8) is 0 Å². The summed E-state index contributed by atoms with van der Waals surface area (Å²) < 4.78 is 26.2. The summed E-state index contributed by atoms with van der Waals surface area (Å²) in [5.74, 6) is 1.02. The van der Waals surface area contributed by atoms with E-state index >= 15 is 0 Å². The van der Waals surface area contributed by atoms with E-state index in [1.54, 1.807) is 25.3 Å². The topological polar surface area (TPSA) is 30.5 Å². The van der Waals surface area contributed by atoms with Crippen molar-refractivity contribution in [2.45, 2.75) is 45.8 Å². The van der Waals surface area contributed by atoms with Crippen LogP contribution in [0.5, 0.6) is 11.5 Å². The Kier molecular flexibility index (Phi) is 8.92. The molecule has 0 fully saturated rings. The molecule has 0 unspecified atom stereocenters. The second-order valence-corrected chi connectivity index (χ2v) is 7.03. The Morgan fingerprint density at radius 1 is 1.08 bits per heavy atom. The normalized spacial score (nSPS) is 10.8. The molecule has 5 heteroatoms. The predicted octanol–water partition coefficient (Wildman–Crippen LogP) is 5.85. The Hall–Kier alpha value is -1.59. The highest BCUT2D eigenvalue weighted by molar-refractivity contribution is 9.10. The SMILES string of the molecule is CCCCCCNCc1c(Br)ccc(OC)c1OCc1ccccc1F. The van der Waals surface area contributed by atoms with Gasteiger partial charge in [0.2, 0.25) is 0 Å². The van der Waals surface area contributed by atoms with Crippen LogP contribution in [0.2, 0.25) is 0 Å². The molecule has 2 rings (SSSR count). The molecule has 0 radical (unpaired) electrons. The first-order valence-electron chi connectivity index (χ1n) is 9.09. The fourth-order valence-corrected chi connectivity index (χ4v) is 3.17. The van der Waals surface area contributed by atoms with E-state index in [4.69, 9.17) is 9.47 Å². The smallest absolute Gasteiger partial charge is 0.167 e. The van der Waals surface area contributed by atoms with Gasteiger partial charge in [0.15, 0.2) is 11.5 Å². The molecule has 0 aliphatic heterocycles. The maximum Gasteiger partial charge on any atom is 0.167 e. The average molecular weight is 424 g/mol. The number of hydrogen-bond donors (Lipinski definition) is 1. The van der Waals surface area contributed by atoms with Gasteiger partial charge in [-0.3, -0.25) is 0 Å². The summed E-state index contributed by atoms with van der Waals surface area (Å²) in [6.45, 7) is 3.98. The van der Waals surface area contributed by atoms with Crippen molar-refractivity contribution < 1.29 is 13.9 Å². The van der Waals surface area contributed by atoms with Gasteiger partial charge in [-0.25, -0.2) is 4.39 Å². The van der Waals surface area contributed by atoms with E-state index in [0.29, 0.717) is 23.6 Å². The molecular weight excluding hydrogens is 397 g/mol. The summed E-state index contributed by atoms with van der Waals surface area (Å²) in [7, 11) is 1.61. The highest BCUT2D eigenvalue weighted by Crippen LogP contribution is 2.36. The van der Waals surface area contributed by atoms with E-state index in [2.05, 4.69) is 28.2 Å². The van der Waals surface area contributed by atoms with Gasteiger partial charge in [0, 0.05) is 22.1 Å². The number of nitrogens with one attached hydrogen (secondary N) is 1. The van der Waals surface area contributed by atoms with Crippen LogP contribution >= 0.6 is 15.9 Å². The number of halogens is 2. The average Bonchev–Trinajstić information content (AvgIpc) is 2.65. The third-order valence-corrected chi connectivity index (χ3v) is 4.97. The van der Waals surface area contributed by atoms with Crippen LogP contribution in [0, 0.1) is 5.82 Å². The third kappa shape index (κ3) is 5.99. The van der Waals surface area contributed by atoms with Crippen molar-refractivity contribution in [3.8, 4) is 11.5 Å². The van der Waals surface area contributed by atoms with Crippen LogP contribution in [0.1, 0.15) is 43.7 Å². The summed E-state index contributed by atoms with van der Waals surface area (Å²) in [5.41, 5.74) is 1.50. The molecule has 0 amide bonds. The van der Waals surface area contributed by atoms with E-state index in [0.717, 1.165) is 23.0 Å². The lowest BCUT2D eigenvalue weighted by Crippen LogP contribution is -2.16. The predicted molar refractivity (Wildman–Crippen MR) is 107 cm³/mol. The van der Waals surface area contributed by atoms with Gasteiger partial charge in [0.25, 0.3) is 0 Å². The molecule has 2 aromatic carbocycles. The van der Waals surface area contributed by atoms with E-state index in [1.165, 1.54) is 25.3 Å². The Balaban J connectivity index is 2.07. The van der Waals surface area contributed by atoms with Crippen LogP contribution in [0.4, 0.5) is 4.39 Å². The fraction of sp³-hybridized carbons (Fsp3) is 0.429. The molecular formula is C21H27BrFNO2. The molecule has 0 saturated carbocycles. The van der Waals surface area contributed by atoms with Crippen molar-refractivity contribution in [2.75, 3.05) is 13.7 Å². The summed E-state index contributed by atoms with van der Waals surface area (Å²) >= 11 is 3.60. The molecule has 3 nitrogen and oxygen atoms in total. The van der Waals surface area contributed by atoms with E-state index in [-0.39, 0.29) is 12.4 Å². The Bertz CT molecular complexity index is 694. The summed E-state index contributed by atoms with van der Waals surface area (Å²) in [6.07, 6.45) is 4.89. The fourth-order valence-electron chi connectivity index (χ4n) is 2.72. The molecule has 0 aliphatic carbocycles. The quantitative estimate of drug-likeness (QED) is 0.460. The number of benzene rings is 2. The molecule has 0 aliphatic rings. The van der Waals surface area contributed by atoms with Crippen LogP contribution < -0.4 is 14.8 Å². The molecule has 0 heterocycles. The van der Waals surface area contributed by atoms with Gasteiger partial charge < -0.3 is 14.8 Å². The van der Waals surface area contributed by atoms with Crippen molar-refractivity contribution in [1.82, 2.24) is 5.32 Å². The van der Waals surface area contributed by atoms with Crippen LogP contribution in [-0.2, 0) is 13.2 Å². The second kappa shape index (κ2) is 11.2. The molecule has 0 atom stereocenters. The van der Waals surface area contributed by atoms with Gasteiger partial charge in [0.1, 0.15) is 12.4 Å². The van der Waals surface area contributed by atoms with Crippen molar-refractivity contribution in [3.05, 3.63) is 57.8 Å². The minimum Gasteiger partial charge on any atom is -0.493 e. The lowest BCUT2D eigenvalue weighted by molar-refractivity contribution is 0.275. The van der Waals surface area contributed by atoms with Crippen LogP contribution in [0.25, 0.3) is 0 Å². The number of hydrogen-bond acceptors (Lipinski definition) is 3. The summed E-state index contributed by atoms with van der Waals surface area (Å²) in [5, 5.41) is 3.46. The highest BCUT2D eigenvalue weighted by atomic mass is 79.9. The van der Waals surface area contributed by atoms with Crippen molar-refractivity contribution >= 4 is 15.9 Å². The third-order valence-electron chi connectivity index (χ3n) is 4.23. The molecule has 0 saturated heterocycles. The minimum atomic E-state index is -0.267. The van der Waals surface area contributed by atoms with E-state index in [9.17, 15) is 4.39 Å². The molecule has 2 aromatic rings. The minimum absolute atomic E-state index is 0.156.